The van der Waals surface area contributed by atoms with E-state index < -0.39 is 0 Å². The Kier molecular flexibility index (Phi) is 8.17. The fourth-order valence-corrected chi connectivity index (χ4v) is 5.78. The van der Waals surface area contributed by atoms with E-state index in [9.17, 15) is 5.11 Å². The molecule has 2 aliphatic heterocycles. The van der Waals surface area contributed by atoms with Crippen molar-refractivity contribution >= 4 is 28.4 Å². The average molecular weight is 535 g/mol. The lowest BCUT2D eigenvalue weighted by Crippen LogP contribution is -2.47. The third kappa shape index (κ3) is 6.32. The van der Waals surface area contributed by atoms with Gasteiger partial charge in [0.15, 0.2) is 0 Å². The van der Waals surface area contributed by atoms with Crippen molar-refractivity contribution in [2.75, 3.05) is 80.8 Å². The van der Waals surface area contributed by atoms with Crippen LogP contribution in [0.25, 0.3) is 11.0 Å². The van der Waals surface area contributed by atoms with Gasteiger partial charge in [0, 0.05) is 82.1 Å². The third-order valence-electron chi connectivity index (χ3n) is 7.98. The van der Waals surface area contributed by atoms with Gasteiger partial charge in [0.25, 0.3) is 0 Å². The molecule has 4 heterocycles. The fourth-order valence-electron chi connectivity index (χ4n) is 5.78. The maximum absolute atomic E-state index is 9.18. The molecular weight excluding hydrogens is 496 g/mol. The number of nitrogens with zero attached hydrogens (tertiary/aromatic N) is 7. The Morgan fingerprint density at radius 3 is 2.46 bits per heavy atom. The molecule has 1 saturated carbocycles. The lowest BCUT2D eigenvalue weighted by atomic mass is 9.93. The number of ether oxygens (including phenoxy) is 2. The van der Waals surface area contributed by atoms with E-state index in [1.807, 2.05) is 0 Å². The topological polar surface area (TPSA) is 112 Å². The number of rotatable bonds is 8. The predicted molar refractivity (Wildman–Crippen MR) is 151 cm³/mol. The number of morpholine rings is 1. The first-order valence-electron chi connectivity index (χ1n) is 14.2. The van der Waals surface area contributed by atoms with E-state index in [4.69, 9.17) is 9.47 Å². The molecule has 208 valence electrons. The Labute approximate surface area is 229 Å². The number of aliphatic hydroxyl groups excluding tert-OH is 1. The van der Waals surface area contributed by atoms with E-state index in [1.54, 1.807) is 18.7 Å². The van der Waals surface area contributed by atoms with Crippen LogP contribution in [0.15, 0.2) is 36.9 Å². The highest BCUT2D eigenvalue weighted by Crippen LogP contribution is 2.33. The van der Waals surface area contributed by atoms with Crippen molar-refractivity contribution in [3.63, 3.8) is 0 Å². The zero-order valence-electron chi connectivity index (χ0n) is 22.4. The molecule has 3 aromatic rings. The lowest BCUT2D eigenvalue weighted by Gasteiger charge is -2.35. The second-order valence-corrected chi connectivity index (χ2v) is 10.5. The Bertz CT molecular complexity index is 1220. The molecule has 0 radical (unpaired) electrons. The number of piperazine rings is 1. The van der Waals surface area contributed by atoms with Crippen molar-refractivity contribution in [1.82, 2.24) is 24.8 Å². The molecule has 39 heavy (non-hydrogen) atoms. The maximum atomic E-state index is 9.18. The first kappa shape index (κ1) is 26.0. The molecule has 0 amide bonds. The van der Waals surface area contributed by atoms with Crippen LogP contribution >= 0.6 is 0 Å². The summed E-state index contributed by atoms with van der Waals surface area (Å²) in [6, 6.07) is 6.64. The summed E-state index contributed by atoms with van der Waals surface area (Å²) in [5.74, 6) is 2.65. The van der Waals surface area contributed by atoms with Crippen LogP contribution in [-0.4, -0.2) is 108 Å². The molecule has 1 aromatic carbocycles. The van der Waals surface area contributed by atoms with E-state index >= 15 is 0 Å². The van der Waals surface area contributed by atoms with Crippen LogP contribution in [0.3, 0.4) is 0 Å². The molecule has 2 aromatic heterocycles. The standard InChI is InChI=1S/C28H38N8O3/c37-14-11-34-7-9-36(10-8-34)27-19-26(31-20-32-27)33-21-1-3-23(4-2-21)39-25-18-22(35-12-15-38-16-13-35)17-24-28(25)30-6-5-29-24/h5-6,17-21,23,37H,1-4,7-16H2,(H,31,32,33). The summed E-state index contributed by atoms with van der Waals surface area (Å²) >= 11 is 0. The van der Waals surface area contributed by atoms with E-state index in [-0.39, 0.29) is 12.7 Å². The van der Waals surface area contributed by atoms with Gasteiger partial charge in [-0.15, -0.1) is 0 Å². The first-order chi connectivity index (χ1) is 19.2. The van der Waals surface area contributed by atoms with Crippen molar-refractivity contribution in [3.05, 3.63) is 36.9 Å². The Morgan fingerprint density at radius 1 is 0.872 bits per heavy atom. The third-order valence-corrected chi connectivity index (χ3v) is 7.98. The van der Waals surface area contributed by atoms with Crippen LogP contribution in [0.5, 0.6) is 5.75 Å². The number of aromatic nitrogens is 4. The van der Waals surface area contributed by atoms with Gasteiger partial charge < -0.3 is 29.7 Å². The molecule has 0 atom stereocenters. The fraction of sp³-hybridized carbons (Fsp3) is 0.571. The minimum Gasteiger partial charge on any atom is -0.488 e. The molecule has 2 saturated heterocycles. The zero-order valence-corrected chi connectivity index (χ0v) is 22.4. The number of aliphatic hydroxyl groups is 1. The Hall–Kier alpha value is -3.28. The van der Waals surface area contributed by atoms with E-state index in [0.29, 0.717) is 6.04 Å². The molecule has 0 bridgehead atoms. The Morgan fingerprint density at radius 2 is 1.67 bits per heavy atom. The van der Waals surface area contributed by atoms with Crippen LogP contribution in [0.4, 0.5) is 17.3 Å². The molecule has 11 heteroatoms. The van der Waals surface area contributed by atoms with Crippen molar-refractivity contribution in [2.24, 2.45) is 0 Å². The van der Waals surface area contributed by atoms with Crippen LogP contribution in [-0.2, 0) is 4.74 Å². The van der Waals surface area contributed by atoms with Gasteiger partial charge in [-0.2, -0.15) is 0 Å². The first-order valence-corrected chi connectivity index (χ1v) is 14.2. The summed E-state index contributed by atoms with van der Waals surface area (Å²) in [7, 11) is 0. The van der Waals surface area contributed by atoms with Gasteiger partial charge >= 0.3 is 0 Å². The summed E-state index contributed by atoms with van der Waals surface area (Å²) in [5.41, 5.74) is 2.80. The molecule has 2 N–H and O–H groups in total. The van der Waals surface area contributed by atoms with E-state index in [0.717, 1.165) is 119 Å². The van der Waals surface area contributed by atoms with Crippen LogP contribution in [0.1, 0.15) is 25.7 Å². The summed E-state index contributed by atoms with van der Waals surface area (Å²) < 4.78 is 12.1. The SMILES string of the molecule is OCCN1CCN(c2cc(NC3CCC(Oc4cc(N5CCOCC5)cc5nccnc45)CC3)ncn2)CC1. The Balaban J connectivity index is 1.06. The number of β-amino-alcohol motifs (C(OH)–C–C–N with tert-alkyl or cyclic N) is 1. The molecule has 11 nitrogen and oxygen atoms in total. The molecule has 0 spiro atoms. The number of fused-ring (bicyclic) bond motifs is 1. The summed E-state index contributed by atoms with van der Waals surface area (Å²) in [5, 5.41) is 12.8. The van der Waals surface area contributed by atoms with Crippen molar-refractivity contribution in [2.45, 2.75) is 37.8 Å². The summed E-state index contributed by atoms with van der Waals surface area (Å²) in [6.07, 6.45) is 9.21. The molecule has 0 unspecified atom stereocenters. The highest BCUT2D eigenvalue weighted by Gasteiger charge is 2.25. The van der Waals surface area contributed by atoms with Gasteiger partial charge in [0.05, 0.1) is 31.4 Å². The van der Waals surface area contributed by atoms with Gasteiger partial charge in [-0.3, -0.25) is 9.88 Å². The number of hydrogen-bond donors (Lipinski definition) is 2. The van der Waals surface area contributed by atoms with Crippen molar-refractivity contribution < 1.29 is 14.6 Å². The monoisotopic (exact) mass is 534 g/mol. The van der Waals surface area contributed by atoms with Gasteiger partial charge in [-0.25, -0.2) is 15.0 Å². The molecular formula is C28H38N8O3. The molecule has 6 rings (SSSR count). The highest BCUT2D eigenvalue weighted by molar-refractivity contribution is 5.85. The minimum atomic E-state index is 0.143. The van der Waals surface area contributed by atoms with Crippen LogP contribution < -0.4 is 19.9 Å². The summed E-state index contributed by atoms with van der Waals surface area (Å²) in [6.45, 7) is 7.84. The minimum absolute atomic E-state index is 0.143. The highest BCUT2D eigenvalue weighted by atomic mass is 16.5. The lowest BCUT2D eigenvalue weighted by molar-refractivity contribution is 0.122. The number of anilines is 3. The molecule has 1 aliphatic carbocycles. The molecule has 3 aliphatic rings. The predicted octanol–water partition coefficient (Wildman–Crippen LogP) is 2.17. The maximum Gasteiger partial charge on any atom is 0.149 e. The van der Waals surface area contributed by atoms with Crippen molar-refractivity contribution in [1.29, 1.82) is 0 Å². The quantitative estimate of drug-likeness (QED) is 0.443. The second-order valence-electron chi connectivity index (χ2n) is 10.5. The normalized spacial score (nSPS) is 22.7. The number of benzene rings is 1. The van der Waals surface area contributed by atoms with E-state index in [2.05, 4.69) is 58.2 Å². The van der Waals surface area contributed by atoms with Gasteiger partial charge in [0.1, 0.15) is 29.2 Å². The summed E-state index contributed by atoms with van der Waals surface area (Å²) in [4.78, 5) is 25.1. The van der Waals surface area contributed by atoms with Crippen LogP contribution in [0, 0.1) is 0 Å². The van der Waals surface area contributed by atoms with Gasteiger partial charge in [0.2, 0.25) is 0 Å². The number of nitrogens with one attached hydrogen (secondary N) is 1. The zero-order chi connectivity index (χ0) is 26.4. The van der Waals surface area contributed by atoms with Crippen LogP contribution in [0.2, 0.25) is 0 Å². The number of hydrogen-bond acceptors (Lipinski definition) is 11. The average Bonchev–Trinajstić information content (AvgIpc) is 2.99. The molecule has 3 fully saturated rings. The van der Waals surface area contributed by atoms with Gasteiger partial charge in [-0.1, -0.05) is 0 Å². The van der Waals surface area contributed by atoms with E-state index in [1.165, 1.54) is 0 Å². The largest absolute Gasteiger partial charge is 0.488 e. The smallest absolute Gasteiger partial charge is 0.149 e. The second kappa shape index (κ2) is 12.3. The van der Waals surface area contributed by atoms with Crippen molar-refractivity contribution in [3.8, 4) is 5.75 Å². The van der Waals surface area contributed by atoms with Gasteiger partial charge in [-0.05, 0) is 31.7 Å².